The van der Waals surface area contributed by atoms with Crippen molar-refractivity contribution >= 4 is 22.5 Å². The Kier molecular flexibility index (Phi) is 3.78. The minimum absolute atomic E-state index is 0.660. The van der Waals surface area contributed by atoms with Gasteiger partial charge in [0, 0.05) is 36.3 Å². The molecule has 0 bridgehead atoms. The first kappa shape index (κ1) is 13.0. The van der Waals surface area contributed by atoms with Crippen molar-refractivity contribution in [1.82, 2.24) is 9.88 Å². The summed E-state index contributed by atoms with van der Waals surface area (Å²) in [4.78, 5) is 5.73. The molecule has 3 nitrogen and oxygen atoms in total. The molecule has 0 radical (unpaired) electrons. The summed E-state index contributed by atoms with van der Waals surface area (Å²) in [7, 11) is 2.14. The maximum absolute atomic E-state index is 6.44. The van der Waals surface area contributed by atoms with Gasteiger partial charge in [-0.3, -0.25) is 0 Å². The van der Waals surface area contributed by atoms with Gasteiger partial charge in [-0.1, -0.05) is 29.8 Å². The van der Waals surface area contributed by atoms with Gasteiger partial charge in [-0.05, 0) is 25.5 Å². The molecule has 0 spiro atoms. The lowest BCUT2D eigenvalue weighted by Gasteiger charge is -2.19. The molecule has 1 saturated heterocycles. The van der Waals surface area contributed by atoms with E-state index in [1.54, 1.807) is 0 Å². The average molecular weight is 279 g/mol. The average Bonchev–Trinajstić information content (AvgIpc) is 3.00. The minimum atomic E-state index is 0.660. The summed E-state index contributed by atoms with van der Waals surface area (Å²) in [5, 5.41) is 1.96. The zero-order valence-corrected chi connectivity index (χ0v) is 11.9. The molecule has 1 aromatic carbocycles. The van der Waals surface area contributed by atoms with Crippen LogP contribution in [0.4, 0.5) is 0 Å². The maximum Gasteiger partial charge on any atom is 0.0705 e. The summed E-state index contributed by atoms with van der Waals surface area (Å²) < 4.78 is 5.42. The number of hydrogen-bond acceptors (Lipinski definition) is 2. The van der Waals surface area contributed by atoms with Gasteiger partial charge in [0.05, 0.1) is 11.6 Å². The van der Waals surface area contributed by atoms with Crippen LogP contribution in [0.5, 0.6) is 0 Å². The molecule has 3 rings (SSSR count). The Hall–Kier alpha value is -1.03. The van der Waals surface area contributed by atoms with Crippen LogP contribution in [0.1, 0.15) is 12.1 Å². The van der Waals surface area contributed by atoms with E-state index in [0.717, 1.165) is 47.9 Å². The molecule has 1 fully saturated rings. The second kappa shape index (κ2) is 5.53. The molecule has 1 aromatic heterocycles. The van der Waals surface area contributed by atoms with Gasteiger partial charge in [-0.25, -0.2) is 0 Å². The number of hydrogen-bond donors (Lipinski definition) is 1. The van der Waals surface area contributed by atoms with Crippen LogP contribution in [0.2, 0.25) is 5.02 Å². The molecular formula is C15H19ClN2O. The molecule has 0 amide bonds. The lowest BCUT2D eigenvalue weighted by Crippen LogP contribution is -2.25. The number of H-pyrrole nitrogens is 1. The Labute approximate surface area is 118 Å². The summed E-state index contributed by atoms with van der Waals surface area (Å²) >= 11 is 6.44. The van der Waals surface area contributed by atoms with Crippen LogP contribution in [0, 0.1) is 5.92 Å². The Bertz CT molecular complexity index is 560. The van der Waals surface area contributed by atoms with Gasteiger partial charge in [-0.15, -0.1) is 0 Å². The minimum Gasteiger partial charge on any atom is -0.381 e. The molecule has 0 saturated carbocycles. The number of rotatable bonds is 4. The highest BCUT2D eigenvalue weighted by atomic mass is 35.5. The molecule has 1 aliphatic rings. The number of fused-ring (bicyclic) bond motifs is 1. The van der Waals surface area contributed by atoms with Gasteiger partial charge in [0.2, 0.25) is 0 Å². The van der Waals surface area contributed by atoms with E-state index in [4.69, 9.17) is 16.3 Å². The second-order valence-electron chi connectivity index (χ2n) is 5.39. The fourth-order valence-corrected chi connectivity index (χ4v) is 3.05. The molecular weight excluding hydrogens is 260 g/mol. The first-order chi connectivity index (χ1) is 9.24. The SMILES string of the molecule is CN(Cc1[nH]c2ccccc2c1Cl)C[C@H]1CCOC1. The summed E-state index contributed by atoms with van der Waals surface area (Å²) in [6, 6.07) is 8.17. The second-order valence-corrected chi connectivity index (χ2v) is 5.77. The zero-order valence-electron chi connectivity index (χ0n) is 11.2. The quantitative estimate of drug-likeness (QED) is 0.930. The Morgan fingerprint density at radius 3 is 3.00 bits per heavy atom. The normalized spacial score (nSPS) is 19.6. The lowest BCUT2D eigenvalue weighted by atomic mass is 10.1. The summed E-state index contributed by atoms with van der Waals surface area (Å²) in [6.07, 6.45) is 1.17. The van der Waals surface area contributed by atoms with Crippen molar-refractivity contribution in [3.8, 4) is 0 Å². The van der Waals surface area contributed by atoms with Crippen molar-refractivity contribution < 1.29 is 4.74 Å². The molecule has 19 heavy (non-hydrogen) atoms. The molecule has 2 aromatic rings. The third kappa shape index (κ3) is 2.78. The number of ether oxygens (including phenoxy) is 1. The van der Waals surface area contributed by atoms with Crippen molar-refractivity contribution in [3.05, 3.63) is 35.0 Å². The number of aromatic amines is 1. The summed E-state index contributed by atoms with van der Waals surface area (Å²) in [6.45, 7) is 3.71. The molecule has 1 atom stereocenters. The largest absolute Gasteiger partial charge is 0.381 e. The van der Waals surface area contributed by atoms with E-state index in [9.17, 15) is 0 Å². The highest BCUT2D eigenvalue weighted by Crippen LogP contribution is 2.28. The Balaban J connectivity index is 1.71. The fourth-order valence-electron chi connectivity index (χ4n) is 2.78. The molecule has 102 valence electrons. The van der Waals surface area contributed by atoms with Crippen molar-refractivity contribution in [2.75, 3.05) is 26.8 Å². The van der Waals surface area contributed by atoms with E-state index in [0.29, 0.717) is 5.92 Å². The molecule has 1 aliphatic heterocycles. The predicted octanol–water partition coefficient (Wildman–Crippen LogP) is 3.29. The first-order valence-electron chi connectivity index (χ1n) is 6.75. The summed E-state index contributed by atoms with van der Waals surface area (Å²) in [5.41, 5.74) is 2.21. The van der Waals surface area contributed by atoms with Crippen LogP contribution in [0.3, 0.4) is 0 Å². The van der Waals surface area contributed by atoms with Crippen LogP contribution in [-0.4, -0.2) is 36.7 Å². The first-order valence-corrected chi connectivity index (χ1v) is 7.13. The number of nitrogens with zero attached hydrogens (tertiary/aromatic N) is 1. The van der Waals surface area contributed by atoms with Gasteiger partial charge in [-0.2, -0.15) is 0 Å². The van der Waals surface area contributed by atoms with Crippen molar-refractivity contribution in [2.45, 2.75) is 13.0 Å². The predicted molar refractivity (Wildman–Crippen MR) is 78.6 cm³/mol. The third-order valence-corrected chi connectivity index (χ3v) is 4.17. The van der Waals surface area contributed by atoms with Gasteiger partial charge in [0.15, 0.2) is 0 Å². The number of para-hydroxylation sites is 1. The highest BCUT2D eigenvalue weighted by molar-refractivity contribution is 6.36. The van der Waals surface area contributed by atoms with E-state index in [1.165, 1.54) is 6.42 Å². The highest BCUT2D eigenvalue weighted by Gasteiger charge is 2.18. The van der Waals surface area contributed by atoms with Crippen LogP contribution in [0.25, 0.3) is 10.9 Å². The molecule has 0 unspecified atom stereocenters. The van der Waals surface area contributed by atoms with Gasteiger partial charge in [0.25, 0.3) is 0 Å². The van der Waals surface area contributed by atoms with Crippen molar-refractivity contribution in [2.24, 2.45) is 5.92 Å². The topological polar surface area (TPSA) is 28.3 Å². The summed E-state index contributed by atoms with van der Waals surface area (Å²) in [5.74, 6) is 0.660. The van der Waals surface area contributed by atoms with Crippen LogP contribution in [-0.2, 0) is 11.3 Å². The van der Waals surface area contributed by atoms with Gasteiger partial charge < -0.3 is 14.6 Å². The van der Waals surface area contributed by atoms with Crippen molar-refractivity contribution in [1.29, 1.82) is 0 Å². The zero-order chi connectivity index (χ0) is 13.2. The maximum atomic E-state index is 6.44. The van der Waals surface area contributed by atoms with Gasteiger partial charge >= 0.3 is 0 Å². The monoisotopic (exact) mass is 278 g/mol. The number of nitrogens with one attached hydrogen (secondary N) is 1. The van der Waals surface area contributed by atoms with Crippen LogP contribution in [0.15, 0.2) is 24.3 Å². The number of halogens is 1. The molecule has 2 heterocycles. The molecule has 4 heteroatoms. The molecule has 1 N–H and O–H groups in total. The number of aromatic nitrogens is 1. The van der Waals surface area contributed by atoms with Gasteiger partial charge in [0.1, 0.15) is 0 Å². The Morgan fingerprint density at radius 2 is 2.26 bits per heavy atom. The van der Waals surface area contributed by atoms with E-state index in [-0.39, 0.29) is 0 Å². The molecule has 0 aliphatic carbocycles. The standard InChI is InChI=1S/C15H19ClN2O/c1-18(8-11-6-7-19-10-11)9-14-15(16)12-4-2-3-5-13(12)17-14/h2-5,11,17H,6-10H2,1H3/t11-/m1/s1. The lowest BCUT2D eigenvalue weighted by molar-refractivity contribution is 0.172. The van der Waals surface area contributed by atoms with E-state index in [2.05, 4.69) is 29.1 Å². The number of benzene rings is 1. The Morgan fingerprint density at radius 1 is 1.42 bits per heavy atom. The van der Waals surface area contributed by atoms with Crippen LogP contribution >= 0.6 is 11.6 Å². The fraction of sp³-hybridized carbons (Fsp3) is 0.467. The third-order valence-electron chi connectivity index (χ3n) is 3.74. The van der Waals surface area contributed by atoms with Crippen molar-refractivity contribution in [3.63, 3.8) is 0 Å². The van der Waals surface area contributed by atoms with E-state index in [1.807, 2.05) is 12.1 Å². The smallest absolute Gasteiger partial charge is 0.0705 e. The van der Waals surface area contributed by atoms with Crippen LogP contribution < -0.4 is 0 Å². The van der Waals surface area contributed by atoms with E-state index >= 15 is 0 Å². The van der Waals surface area contributed by atoms with E-state index < -0.39 is 0 Å².